The predicted octanol–water partition coefficient (Wildman–Crippen LogP) is 2.57. The summed E-state index contributed by atoms with van der Waals surface area (Å²) in [5.41, 5.74) is 0.613. The van der Waals surface area contributed by atoms with Gasteiger partial charge in [0.25, 0.3) is 0 Å². The molecule has 0 amide bonds. The van der Waals surface area contributed by atoms with Crippen LogP contribution in [0, 0.1) is 0 Å². The quantitative estimate of drug-likeness (QED) is 0.613. The molecule has 142 valence electrons. The molecule has 2 aromatic carbocycles. The molecule has 0 atom stereocenters. The minimum absolute atomic E-state index is 0.0529. The lowest BCUT2D eigenvalue weighted by molar-refractivity contribution is 0.336. The molecule has 1 aromatic heterocycles. The third-order valence-corrected chi connectivity index (χ3v) is 5.74. The Kier molecular flexibility index (Phi) is 5.43. The van der Waals surface area contributed by atoms with Crippen molar-refractivity contribution in [1.82, 2.24) is 14.4 Å². The van der Waals surface area contributed by atoms with E-state index in [1.807, 2.05) is 0 Å². The van der Waals surface area contributed by atoms with E-state index in [1.54, 1.807) is 43.5 Å². The molecule has 0 unspecified atom stereocenters. The SMILES string of the molecule is COc1ccc(-c2noc(CN(C)S(=O)(=O)c3ccccc3)n2)c(OC)c1. The second kappa shape index (κ2) is 7.77. The summed E-state index contributed by atoms with van der Waals surface area (Å²) >= 11 is 0. The van der Waals surface area contributed by atoms with Crippen molar-refractivity contribution in [3.63, 3.8) is 0 Å². The highest BCUT2D eigenvalue weighted by Crippen LogP contribution is 2.31. The van der Waals surface area contributed by atoms with Gasteiger partial charge in [-0.15, -0.1) is 0 Å². The van der Waals surface area contributed by atoms with E-state index in [-0.39, 0.29) is 17.3 Å². The standard InChI is InChI=1S/C18H19N3O5S/c1-21(27(22,23)14-7-5-4-6-8-14)12-17-19-18(20-26-17)15-10-9-13(24-2)11-16(15)25-3/h4-11H,12H2,1-3H3. The van der Waals surface area contributed by atoms with E-state index in [2.05, 4.69) is 10.1 Å². The van der Waals surface area contributed by atoms with Crippen LogP contribution in [0.2, 0.25) is 0 Å². The van der Waals surface area contributed by atoms with Crippen molar-refractivity contribution in [2.75, 3.05) is 21.3 Å². The molecule has 0 aliphatic carbocycles. The van der Waals surface area contributed by atoms with Crippen LogP contribution in [0.3, 0.4) is 0 Å². The molecular formula is C18H19N3O5S. The summed E-state index contributed by atoms with van der Waals surface area (Å²) in [6, 6.07) is 13.4. The summed E-state index contributed by atoms with van der Waals surface area (Å²) in [4.78, 5) is 4.49. The van der Waals surface area contributed by atoms with E-state index in [4.69, 9.17) is 14.0 Å². The minimum Gasteiger partial charge on any atom is -0.497 e. The predicted molar refractivity (Wildman–Crippen MR) is 97.9 cm³/mol. The molecular weight excluding hydrogens is 370 g/mol. The Balaban J connectivity index is 1.83. The number of aromatic nitrogens is 2. The maximum atomic E-state index is 12.6. The molecule has 0 fully saturated rings. The molecule has 1 heterocycles. The van der Waals surface area contributed by atoms with Crippen LogP contribution in [-0.4, -0.2) is 44.1 Å². The van der Waals surface area contributed by atoms with Crippen LogP contribution in [-0.2, 0) is 16.6 Å². The summed E-state index contributed by atoms with van der Waals surface area (Å²) in [6.07, 6.45) is 0. The molecule has 9 heteroatoms. The largest absolute Gasteiger partial charge is 0.497 e. The third kappa shape index (κ3) is 3.93. The van der Waals surface area contributed by atoms with Crippen molar-refractivity contribution in [2.24, 2.45) is 0 Å². The van der Waals surface area contributed by atoms with Crippen LogP contribution in [0.25, 0.3) is 11.4 Å². The number of nitrogens with zero attached hydrogens (tertiary/aromatic N) is 3. The number of hydrogen-bond donors (Lipinski definition) is 0. The molecule has 0 radical (unpaired) electrons. The maximum absolute atomic E-state index is 12.6. The van der Waals surface area contributed by atoms with Gasteiger partial charge in [-0.25, -0.2) is 8.42 Å². The van der Waals surface area contributed by atoms with Crippen LogP contribution >= 0.6 is 0 Å². The molecule has 0 spiro atoms. The van der Waals surface area contributed by atoms with Crippen LogP contribution in [0.1, 0.15) is 5.89 Å². The normalized spacial score (nSPS) is 11.6. The lowest BCUT2D eigenvalue weighted by Gasteiger charge is -2.14. The van der Waals surface area contributed by atoms with Gasteiger partial charge < -0.3 is 14.0 Å². The molecule has 0 aliphatic rings. The van der Waals surface area contributed by atoms with Gasteiger partial charge in [0.15, 0.2) is 0 Å². The molecule has 3 aromatic rings. The number of hydrogen-bond acceptors (Lipinski definition) is 7. The van der Waals surface area contributed by atoms with E-state index in [0.717, 1.165) is 4.31 Å². The van der Waals surface area contributed by atoms with E-state index in [9.17, 15) is 8.42 Å². The topological polar surface area (TPSA) is 94.8 Å². The van der Waals surface area contributed by atoms with Crippen LogP contribution in [0.4, 0.5) is 0 Å². The van der Waals surface area contributed by atoms with Gasteiger partial charge in [-0.3, -0.25) is 0 Å². The molecule has 0 aliphatic heterocycles. The van der Waals surface area contributed by atoms with Gasteiger partial charge in [-0.1, -0.05) is 23.4 Å². The van der Waals surface area contributed by atoms with Crippen molar-refractivity contribution >= 4 is 10.0 Å². The van der Waals surface area contributed by atoms with Crippen molar-refractivity contribution in [1.29, 1.82) is 0 Å². The van der Waals surface area contributed by atoms with Crippen LogP contribution in [0.15, 0.2) is 57.9 Å². The van der Waals surface area contributed by atoms with Crippen molar-refractivity contribution in [3.8, 4) is 22.9 Å². The van der Waals surface area contributed by atoms with Gasteiger partial charge in [0.2, 0.25) is 21.7 Å². The molecule has 0 saturated carbocycles. The summed E-state index contributed by atoms with van der Waals surface area (Å²) in [7, 11) is 0.895. The first-order chi connectivity index (χ1) is 13.0. The fourth-order valence-electron chi connectivity index (χ4n) is 2.46. The molecule has 27 heavy (non-hydrogen) atoms. The number of rotatable bonds is 7. The first-order valence-electron chi connectivity index (χ1n) is 8.02. The first-order valence-corrected chi connectivity index (χ1v) is 9.46. The maximum Gasteiger partial charge on any atom is 0.243 e. The van der Waals surface area contributed by atoms with Crippen LogP contribution in [0.5, 0.6) is 11.5 Å². The monoisotopic (exact) mass is 389 g/mol. The third-order valence-electron chi connectivity index (χ3n) is 3.93. The van der Waals surface area contributed by atoms with E-state index in [1.165, 1.54) is 26.3 Å². The zero-order chi connectivity index (χ0) is 19.4. The summed E-state index contributed by atoms with van der Waals surface area (Å²) in [6.45, 7) is -0.0529. The lowest BCUT2D eigenvalue weighted by atomic mass is 10.2. The fraction of sp³-hybridized carbons (Fsp3) is 0.222. The molecule has 8 nitrogen and oxygen atoms in total. The lowest BCUT2D eigenvalue weighted by Crippen LogP contribution is -2.26. The average Bonchev–Trinajstić information content (AvgIpc) is 3.16. The highest BCUT2D eigenvalue weighted by atomic mass is 32.2. The molecule has 3 rings (SSSR count). The van der Waals surface area contributed by atoms with Gasteiger partial charge in [0, 0.05) is 13.1 Å². The Labute approximate surface area is 157 Å². The van der Waals surface area contributed by atoms with Crippen molar-refractivity contribution in [2.45, 2.75) is 11.4 Å². The fourth-order valence-corrected chi connectivity index (χ4v) is 3.60. The van der Waals surface area contributed by atoms with Gasteiger partial charge >= 0.3 is 0 Å². The smallest absolute Gasteiger partial charge is 0.243 e. The van der Waals surface area contributed by atoms with E-state index < -0.39 is 10.0 Å². The average molecular weight is 389 g/mol. The van der Waals surface area contributed by atoms with Crippen LogP contribution < -0.4 is 9.47 Å². The summed E-state index contributed by atoms with van der Waals surface area (Å²) < 4.78 is 42.1. The summed E-state index contributed by atoms with van der Waals surface area (Å²) in [5.74, 6) is 1.62. The number of ether oxygens (including phenoxy) is 2. The minimum atomic E-state index is -3.65. The van der Waals surface area contributed by atoms with Crippen molar-refractivity contribution < 1.29 is 22.4 Å². The second-order valence-corrected chi connectivity index (χ2v) is 7.70. The number of methoxy groups -OCH3 is 2. The van der Waals surface area contributed by atoms with Gasteiger partial charge in [0.05, 0.1) is 31.2 Å². The second-order valence-electron chi connectivity index (χ2n) is 5.65. The Morgan fingerprint density at radius 1 is 1.07 bits per heavy atom. The van der Waals surface area contributed by atoms with Crippen molar-refractivity contribution in [3.05, 3.63) is 54.4 Å². The van der Waals surface area contributed by atoms with E-state index >= 15 is 0 Å². The highest BCUT2D eigenvalue weighted by molar-refractivity contribution is 7.89. The zero-order valence-corrected chi connectivity index (χ0v) is 15.9. The molecule has 0 N–H and O–H groups in total. The summed E-state index contributed by atoms with van der Waals surface area (Å²) in [5, 5.41) is 3.93. The Morgan fingerprint density at radius 3 is 2.48 bits per heavy atom. The Hall–Kier alpha value is -2.91. The molecule has 0 saturated heterocycles. The highest BCUT2D eigenvalue weighted by Gasteiger charge is 2.23. The zero-order valence-electron chi connectivity index (χ0n) is 15.1. The molecule has 0 bridgehead atoms. The van der Waals surface area contributed by atoms with Gasteiger partial charge in [-0.05, 0) is 24.3 Å². The van der Waals surface area contributed by atoms with Gasteiger partial charge in [0.1, 0.15) is 11.5 Å². The number of sulfonamides is 1. The van der Waals surface area contributed by atoms with Gasteiger partial charge in [-0.2, -0.15) is 9.29 Å². The van der Waals surface area contributed by atoms with E-state index in [0.29, 0.717) is 22.9 Å². The first kappa shape index (κ1) is 18.9. The Bertz CT molecular complexity index is 1020. The Morgan fingerprint density at radius 2 is 1.81 bits per heavy atom. The number of benzene rings is 2.